The lowest BCUT2D eigenvalue weighted by Crippen LogP contribution is -2.40. The van der Waals surface area contributed by atoms with Gasteiger partial charge in [0, 0.05) is 0 Å². The van der Waals surface area contributed by atoms with Crippen LogP contribution in [0.15, 0.2) is 10.6 Å². The van der Waals surface area contributed by atoms with Crippen molar-refractivity contribution in [2.75, 3.05) is 0 Å². The first-order valence-electron chi connectivity index (χ1n) is 3.83. The fourth-order valence-electron chi connectivity index (χ4n) is 0.872. The van der Waals surface area contributed by atoms with Gasteiger partial charge in [0.05, 0.1) is 6.20 Å². The largest absolute Gasteiger partial charge is 0.444 e. The van der Waals surface area contributed by atoms with E-state index in [9.17, 15) is 0 Å². The van der Waals surface area contributed by atoms with Crippen LogP contribution in [0, 0.1) is 6.92 Å². The van der Waals surface area contributed by atoms with Crippen LogP contribution in [0.2, 0.25) is 0 Å². The quantitative estimate of drug-likeness (QED) is 0.364. The van der Waals surface area contributed by atoms with Crippen molar-refractivity contribution in [3.05, 3.63) is 17.8 Å². The first kappa shape index (κ1) is 9.94. The third-order valence-corrected chi connectivity index (χ3v) is 1.72. The van der Waals surface area contributed by atoms with E-state index in [-0.39, 0.29) is 6.04 Å². The van der Waals surface area contributed by atoms with Gasteiger partial charge in [-0.15, -0.1) is 0 Å². The molecule has 0 aliphatic rings. The molecule has 5 nitrogen and oxygen atoms in total. The first-order valence-corrected chi connectivity index (χ1v) is 4.23. The summed E-state index contributed by atoms with van der Waals surface area (Å²) in [5, 5.41) is 3.26. The number of nitrogens with zero attached hydrogens (tertiary/aromatic N) is 1. The molecule has 1 aromatic rings. The van der Waals surface area contributed by atoms with Gasteiger partial charge in [-0.1, -0.05) is 0 Å². The molecule has 0 fully saturated rings. The van der Waals surface area contributed by atoms with E-state index in [2.05, 4.69) is 15.7 Å². The van der Waals surface area contributed by atoms with E-state index in [1.807, 2.05) is 13.8 Å². The van der Waals surface area contributed by atoms with Gasteiger partial charge in [0.25, 0.3) is 0 Å². The van der Waals surface area contributed by atoms with Gasteiger partial charge >= 0.3 is 0 Å². The molecule has 13 heavy (non-hydrogen) atoms. The number of hydrazine groups is 1. The van der Waals surface area contributed by atoms with Gasteiger partial charge in [-0.05, 0) is 26.1 Å². The van der Waals surface area contributed by atoms with Crippen molar-refractivity contribution in [1.29, 1.82) is 0 Å². The van der Waals surface area contributed by atoms with Crippen LogP contribution in [0.25, 0.3) is 0 Å². The number of aromatic nitrogens is 1. The lowest BCUT2D eigenvalue weighted by molar-refractivity contribution is 0.428. The van der Waals surface area contributed by atoms with E-state index in [4.69, 9.17) is 22.5 Å². The maximum atomic E-state index is 5.29. The standard InChI is InChI=1S/C7H12N4OS/c1-4-3-9-6(12-4)5(2)10-7(13)11-8/h3,5H,8H2,1-2H3,(H2,10,11,13). The van der Waals surface area contributed by atoms with Crippen molar-refractivity contribution in [2.45, 2.75) is 19.9 Å². The first-order chi connectivity index (χ1) is 6.13. The van der Waals surface area contributed by atoms with Crippen LogP contribution in [0.4, 0.5) is 0 Å². The van der Waals surface area contributed by atoms with Gasteiger partial charge < -0.3 is 15.2 Å². The summed E-state index contributed by atoms with van der Waals surface area (Å²) in [6, 6.07) is -0.0859. The molecular formula is C7H12N4OS. The molecule has 0 radical (unpaired) electrons. The highest BCUT2D eigenvalue weighted by Crippen LogP contribution is 2.11. The summed E-state index contributed by atoms with van der Waals surface area (Å²) in [4.78, 5) is 4.05. The summed E-state index contributed by atoms with van der Waals surface area (Å²) in [5.41, 5.74) is 2.32. The number of oxazole rings is 1. The molecule has 6 heteroatoms. The molecule has 4 N–H and O–H groups in total. The normalized spacial score (nSPS) is 12.2. The zero-order chi connectivity index (χ0) is 9.84. The van der Waals surface area contributed by atoms with Gasteiger partial charge in [0.1, 0.15) is 11.8 Å². The van der Waals surface area contributed by atoms with Crippen LogP contribution in [-0.2, 0) is 0 Å². The van der Waals surface area contributed by atoms with E-state index in [0.29, 0.717) is 11.0 Å². The topological polar surface area (TPSA) is 76.1 Å². The molecule has 0 bridgehead atoms. The Hall–Kier alpha value is -1.14. The Kier molecular flexibility index (Phi) is 3.21. The second kappa shape index (κ2) is 4.20. The summed E-state index contributed by atoms with van der Waals surface area (Å²) < 4.78 is 5.29. The van der Waals surface area contributed by atoms with E-state index in [0.717, 1.165) is 5.76 Å². The molecular weight excluding hydrogens is 188 g/mol. The van der Waals surface area contributed by atoms with Crippen LogP contribution >= 0.6 is 12.2 Å². The van der Waals surface area contributed by atoms with E-state index < -0.39 is 0 Å². The highest BCUT2D eigenvalue weighted by molar-refractivity contribution is 7.80. The van der Waals surface area contributed by atoms with E-state index in [1.54, 1.807) is 6.20 Å². The Morgan fingerprint density at radius 3 is 2.92 bits per heavy atom. The van der Waals surface area contributed by atoms with Gasteiger partial charge in [0.15, 0.2) is 5.11 Å². The lowest BCUT2D eigenvalue weighted by Gasteiger charge is -2.11. The van der Waals surface area contributed by atoms with Crippen molar-refractivity contribution in [1.82, 2.24) is 15.7 Å². The maximum Gasteiger partial charge on any atom is 0.216 e. The number of thiocarbonyl (C=S) groups is 1. The Bertz CT molecular complexity index is 298. The number of aryl methyl sites for hydroxylation is 1. The van der Waals surface area contributed by atoms with Gasteiger partial charge in [-0.2, -0.15) is 0 Å². The molecule has 1 unspecified atom stereocenters. The van der Waals surface area contributed by atoms with Crippen LogP contribution in [0.3, 0.4) is 0 Å². The van der Waals surface area contributed by atoms with Gasteiger partial charge in [0.2, 0.25) is 5.89 Å². The van der Waals surface area contributed by atoms with E-state index >= 15 is 0 Å². The van der Waals surface area contributed by atoms with Gasteiger partial charge in [-0.25, -0.2) is 10.8 Å². The zero-order valence-electron chi connectivity index (χ0n) is 7.50. The van der Waals surface area contributed by atoms with Crippen molar-refractivity contribution in [3.63, 3.8) is 0 Å². The van der Waals surface area contributed by atoms with Crippen molar-refractivity contribution in [3.8, 4) is 0 Å². The summed E-state index contributed by atoms with van der Waals surface area (Å²) in [6.45, 7) is 3.72. The molecule has 0 aromatic carbocycles. The molecule has 0 aliphatic carbocycles. The third kappa shape index (κ3) is 2.67. The molecule has 1 atom stereocenters. The number of hydrogen-bond acceptors (Lipinski definition) is 4. The van der Waals surface area contributed by atoms with E-state index in [1.165, 1.54) is 0 Å². The second-order valence-corrected chi connectivity index (χ2v) is 3.06. The molecule has 1 rings (SSSR count). The fraction of sp³-hybridized carbons (Fsp3) is 0.429. The summed E-state index contributed by atoms with van der Waals surface area (Å²) in [5.74, 6) is 6.46. The number of nitrogens with two attached hydrogens (primary N) is 1. The molecule has 0 aliphatic heterocycles. The smallest absolute Gasteiger partial charge is 0.216 e. The Balaban J connectivity index is 2.58. The van der Waals surface area contributed by atoms with Crippen molar-refractivity contribution < 1.29 is 4.42 Å². The summed E-state index contributed by atoms with van der Waals surface area (Å²) >= 11 is 4.82. The van der Waals surface area contributed by atoms with Crippen molar-refractivity contribution >= 4 is 17.3 Å². The predicted octanol–water partition coefficient (Wildman–Crippen LogP) is 0.382. The van der Waals surface area contributed by atoms with Gasteiger partial charge in [-0.3, -0.25) is 0 Å². The Labute approximate surface area is 81.7 Å². The predicted molar refractivity (Wildman–Crippen MR) is 52.7 cm³/mol. The number of nitrogens with one attached hydrogen (secondary N) is 2. The highest BCUT2D eigenvalue weighted by Gasteiger charge is 2.11. The average Bonchev–Trinajstić information content (AvgIpc) is 2.51. The maximum absolute atomic E-state index is 5.29. The third-order valence-electron chi connectivity index (χ3n) is 1.49. The minimum atomic E-state index is -0.0859. The van der Waals surface area contributed by atoms with Crippen LogP contribution in [0.1, 0.15) is 24.6 Å². The zero-order valence-corrected chi connectivity index (χ0v) is 8.31. The minimum absolute atomic E-state index is 0.0859. The number of hydrogen-bond donors (Lipinski definition) is 3. The molecule has 0 amide bonds. The minimum Gasteiger partial charge on any atom is -0.444 e. The molecule has 0 spiro atoms. The second-order valence-electron chi connectivity index (χ2n) is 2.65. The molecule has 1 aromatic heterocycles. The van der Waals surface area contributed by atoms with Crippen molar-refractivity contribution in [2.24, 2.45) is 5.84 Å². The number of rotatable bonds is 2. The summed E-state index contributed by atoms with van der Waals surface area (Å²) in [6.07, 6.45) is 1.66. The molecule has 0 saturated carbocycles. The SMILES string of the molecule is Cc1cnc(C(C)NC(=S)NN)o1. The lowest BCUT2D eigenvalue weighted by atomic mass is 10.3. The monoisotopic (exact) mass is 200 g/mol. The fourth-order valence-corrected chi connectivity index (χ4v) is 1.05. The van der Waals surface area contributed by atoms with Crippen LogP contribution in [0.5, 0.6) is 0 Å². The summed E-state index contributed by atoms with van der Waals surface area (Å²) in [7, 11) is 0. The average molecular weight is 200 g/mol. The van der Waals surface area contributed by atoms with Crippen LogP contribution < -0.4 is 16.6 Å². The molecule has 72 valence electrons. The highest BCUT2D eigenvalue weighted by atomic mass is 32.1. The van der Waals surface area contributed by atoms with Crippen LogP contribution in [-0.4, -0.2) is 10.1 Å². The Morgan fingerprint density at radius 1 is 1.77 bits per heavy atom. The molecule has 1 heterocycles. The Morgan fingerprint density at radius 2 is 2.46 bits per heavy atom. The molecule has 0 saturated heterocycles.